The summed E-state index contributed by atoms with van der Waals surface area (Å²) >= 11 is 0. The molecule has 2 nitrogen and oxygen atoms in total. The molecule has 0 saturated carbocycles. The highest BCUT2D eigenvalue weighted by Crippen LogP contribution is 2.19. The van der Waals surface area contributed by atoms with Crippen LogP contribution in [-0.2, 0) is 13.0 Å². The minimum absolute atomic E-state index is 0.817. The average Bonchev–Trinajstić information content (AvgIpc) is 2.47. The van der Waals surface area contributed by atoms with Crippen LogP contribution < -0.4 is 10.1 Å². The molecule has 2 rings (SSSR count). The second-order valence-corrected chi connectivity index (χ2v) is 4.61. The van der Waals surface area contributed by atoms with Crippen LogP contribution in [0.4, 0.5) is 5.69 Å². The molecule has 2 heteroatoms. The van der Waals surface area contributed by atoms with Gasteiger partial charge >= 0.3 is 0 Å². The van der Waals surface area contributed by atoms with Gasteiger partial charge in [0.1, 0.15) is 5.75 Å². The lowest BCUT2D eigenvalue weighted by molar-refractivity contribution is 0.414. The van der Waals surface area contributed by atoms with Gasteiger partial charge in [-0.05, 0) is 35.7 Å². The first-order valence-electron chi connectivity index (χ1n) is 6.78. The van der Waals surface area contributed by atoms with Crippen LogP contribution in [-0.4, -0.2) is 7.11 Å². The van der Waals surface area contributed by atoms with Gasteiger partial charge < -0.3 is 10.1 Å². The molecule has 0 aliphatic rings. The predicted molar refractivity (Wildman–Crippen MR) is 80.8 cm³/mol. The summed E-state index contributed by atoms with van der Waals surface area (Å²) in [6, 6.07) is 16.7. The zero-order chi connectivity index (χ0) is 13.5. The molecule has 0 fully saturated rings. The Balaban J connectivity index is 2.05. The number of hydrogen-bond donors (Lipinski definition) is 1. The summed E-state index contributed by atoms with van der Waals surface area (Å²) in [7, 11) is 1.70. The third kappa shape index (κ3) is 3.75. The zero-order valence-electron chi connectivity index (χ0n) is 11.6. The van der Waals surface area contributed by atoms with E-state index in [2.05, 4.69) is 48.6 Å². The van der Waals surface area contributed by atoms with Gasteiger partial charge in [-0.15, -0.1) is 0 Å². The lowest BCUT2D eigenvalue weighted by Crippen LogP contribution is -2.02. The van der Waals surface area contributed by atoms with Crippen LogP contribution >= 0.6 is 0 Å². The van der Waals surface area contributed by atoms with Gasteiger partial charge in [0.25, 0.3) is 0 Å². The van der Waals surface area contributed by atoms with Crippen molar-refractivity contribution in [3.05, 3.63) is 59.7 Å². The first-order valence-corrected chi connectivity index (χ1v) is 6.78. The highest BCUT2D eigenvalue weighted by Gasteiger charge is 2.01. The summed E-state index contributed by atoms with van der Waals surface area (Å²) in [5, 5.41) is 3.51. The van der Waals surface area contributed by atoms with Gasteiger partial charge in [-0.2, -0.15) is 0 Å². The normalized spacial score (nSPS) is 10.2. The van der Waals surface area contributed by atoms with Crippen molar-refractivity contribution in [3.63, 3.8) is 0 Å². The Morgan fingerprint density at radius 1 is 1.05 bits per heavy atom. The molecule has 19 heavy (non-hydrogen) atoms. The highest BCUT2D eigenvalue weighted by atomic mass is 16.5. The molecule has 0 aromatic heterocycles. The van der Waals surface area contributed by atoms with Crippen molar-refractivity contribution in [1.82, 2.24) is 0 Å². The van der Waals surface area contributed by atoms with E-state index in [1.165, 1.54) is 16.8 Å². The monoisotopic (exact) mass is 255 g/mol. The van der Waals surface area contributed by atoms with Gasteiger partial charge in [0.05, 0.1) is 7.11 Å². The molecular formula is C17H21NO. The fourth-order valence-electron chi connectivity index (χ4n) is 2.16. The summed E-state index contributed by atoms with van der Waals surface area (Å²) < 4.78 is 5.24. The Labute approximate surface area is 115 Å². The lowest BCUT2D eigenvalue weighted by atomic mass is 10.1. The van der Waals surface area contributed by atoms with E-state index < -0.39 is 0 Å². The molecule has 0 saturated heterocycles. The molecular weight excluding hydrogens is 234 g/mol. The average molecular weight is 255 g/mol. The van der Waals surface area contributed by atoms with E-state index in [4.69, 9.17) is 4.74 Å². The van der Waals surface area contributed by atoms with Crippen molar-refractivity contribution in [2.75, 3.05) is 12.4 Å². The second kappa shape index (κ2) is 6.83. The molecule has 100 valence electrons. The number of rotatable bonds is 6. The minimum atomic E-state index is 0.817. The van der Waals surface area contributed by atoms with Crippen molar-refractivity contribution < 1.29 is 4.74 Å². The van der Waals surface area contributed by atoms with Crippen molar-refractivity contribution >= 4 is 5.69 Å². The molecule has 2 aromatic carbocycles. The molecule has 0 amide bonds. The highest BCUT2D eigenvalue weighted by molar-refractivity contribution is 5.51. The third-order valence-electron chi connectivity index (χ3n) is 3.15. The molecule has 1 N–H and O–H groups in total. The van der Waals surface area contributed by atoms with E-state index >= 15 is 0 Å². The fourth-order valence-corrected chi connectivity index (χ4v) is 2.16. The molecule has 0 aliphatic carbocycles. The summed E-state index contributed by atoms with van der Waals surface area (Å²) in [4.78, 5) is 0. The quantitative estimate of drug-likeness (QED) is 0.832. The van der Waals surface area contributed by atoms with Gasteiger partial charge in [-0.3, -0.25) is 0 Å². The number of nitrogens with one attached hydrogen (secondary N) is 1. The van der Waals surface area contributed by atoms with Gasteiger partial charge in [-0.25, -0.2) is 0 Å². The molecule has 0 atom stereocenters. The Hall–Kier alpha value is -1.96. The minimum Gasteiger partial charge on any atom is -0.497 e. The van der Waals surface area contributed by atoms with Crippen LogP contribution in [0.2, 0.25) is 0 Å². The maximum Gasteiger partial charge on any atom is 0.119 e. The predicted octanol–water partition coefficient (Wildman–Crippen LogP) is 4.26. The SMILES string of the molecule is CCCc1ccccc1NCc1cccc(OC)c1. The molecule has 0 radical (unpaired) electrons. The molecule has 0 unspecified atom stereocenters. The molecule has 0 aliphatic heterocycles. The number of methoxy groups -OCH3 is 1. The van der Waals surface area contributed by atoms with Crippen molar-refractivity contribution in [2.24, 2.45) is 0 Å². The molecule has 0 heterocycles. The maximum atomic E-state index is 5.24. The summed E-state index contributed by atoms with van der Waals surface area (Å²) in [5.41, 5.74) is 3.84. The zero-order valence-corrected chi connectivity index (χ0v) is 11.6. The van der Waals surface area contributed by atoms with Crippen LogP contribution in [0.1, 0.15) is 24.5 Å². The topological polar surface area (TPSA) is 21.3 Å². The number of hydrogen-bond acceptors (Lipinski definition) is 2. The summed E-state index contributed by atoms with van der Waals surface area (Å²) in [6.07, 6.45) is 2.28. The Morgan fingerprint density at radius 3 is 2.68 bits per heavy atom. The van der Waals surface area contributed by atoms with Gasteiger partial charge in [0.15, 0.2) is 0 Å². The number of para-hydroxylation sites is 1. The van der Waals surface area contributed by atoms with E-state index in [0.29, 0.717) is 0 Å². The summed E-state index contributed by atoms with van der Waals surface area (Å²) in [6.45, 7) is 3.02. The summed E-state index contributed by atoms with van der Waals surface area (Å²) in [5.74, 6) is 0.904. The van der Waals surface area contributed by atoms with Crippen molar-refractivity contribution in [3.8, 4) is 5.75 Å². The largest absolute Gasteiger partial charge is 0.497 e. The van der Waals surface area contributed by atoms with E-state index in [1.807, 2.05) is 12.1 Å². The van der Waals surface area contributed by atoms with Crippen LogP contribution in [0.5, 0.6) is 5.75 Å². The number of anilines is 1. The molecule has 0 bridgehead atoms. The van der Waals surface area contributed by atoms with Crippen LogP contribution in [0.3, 0.4) is 0 Å². The van der Waals surface area contributed by atoms with Crippen molar-refractivity contribution in [1.29, 1.82) is 0 Å². The number of aryl methyl sites for hydroxylation is 1. The van der Waals surface area contributed by atoms with Gasteiger partial charge in [-0.1, -0.05) is 43.7 Å². The van der Waals surface area contributed by atoms with Gasteiger partial charge in [0, 0.05) is 12.2 Å². The third-order valence-corrected chi connectivity index (χ3v) is 3.15. The second-order valence-electron chi connectivity index (χ2n) is 4.61. The smallest absolute Gasteiger partial charge is 0.119 e. The van der Waals surface area contributed by atoms with E-state index in [-0.39, 0.29) is 0 Å². The Kier molecular flexibility index (Phi) is 4.85. The van der Waals surface area contributed by atoms with Crippen molar-refractivity contribution in [2.45, 2.75) is 26.3 Å². The lowest BCUT2D eigenvalue weighted by Gasteiger charge is -2.12. The first-order chi connectivity index (χ1) is 9.33. The van der Waals surface area contributed by atoms with Crippen LogP contribution in [0, 0.1) is 0 Å². The number of benzene rings is 2. The Morgan fingerprint density at radius 2 is 1.89 bits per heavy atom. The fraction of sp³-hybridized carbons (Fsp3) is 0.294. The maximum absolute atomic E-state index is 5.24. The molecule has 2 aromatic rings. The Bertz CT molecular complexity index is 522. The van der Waals surface area contributed by atoms with E-state index in [1.54, 1.807) is 7.11 Å². The van der Waals surface area contributed by atoms with E-state index in [9.17, 15) is 0 Å². The van der Waals surface area contributed by atoms with Gasteiger partial charge in [0.2, 0.25) is 0 Å². The van der Waals surface area contributed by atoms with Crippen LogP contribution in [0.15, 0.2) is 48.5 Å². The first kappa shape index (κ1) is 13.5. The van der Waals surface area contributed by atoms with Crippen LogP contribution in [0.25, 0.3) is 0 Å². The van der Waals surface area contributed by atoms with E-state index in [0.717, 1.165) is 25.1 Å². The molecule has 0 spiro atoms. The standard InChI is InChI=1S/C17H21NO/c1-3-7-15-9-4-5-11-17(15)18-13-14-8-6-10-16(12-14)19-2/h4-6,8-12,18H,3,7,13H2,1-2H3. The number of ether oxygens (including phenoxy) is 1.